The molecule has 1 fully saturated rings. The number of carbonyl (C=O) groups is 3. The van der Waals surface area contributed by atoms with Gasteiger partial charge in [-0.1, -0.05) is 61.4 Å². The number of hydrogen-bond acceptors (Lipinski definition) is 4. The Hall–Kier alpha value is -3.45. The first-order valence-corrected chi connectivity index (χ1v) is 12.5. The summed E-state index contributed by atoms with van der Waals surface area (Å²) in [5.74, 6) is -0.867. The van der Waals surface area contributed by atoms with Crippen LogP contribution in [0.3, 0.4) is 0 Å². The SMILES string of the molecule is Cc1ccccc1[C@H](C(=O)NC1CCCC1)N(C(=O)CNC(=O)c1cccs1)c1ccccc1. The Balaban J connectivity index is 1.67. The van der Waals surface area contributed by atoms with Gasteiger partial charge >= 0.3 is 0 Å². The topological polar surface area (TPSA) is 78.5 Å². The number of para-hydroxylation sites is 1. The summed E-state index contributed by atoms with van der Waals surface area (Å²) in [6.45, 7) is 1.72. The fourth-order valence-electron chi connectivity index (χ4n) is 4.40. The molecule has 0 spiro atoms. The van der Waals surface area contributed by atoms with Gasteiger partial charge in [0.25, 0.3) is 5.91 Å². The Morgan fingerprint density at radius 2 is 1.68 bits per heavy atom. The van der Waals surface area contributed by atoms with Gasteiger partial charge in [-0.3, -0.25) is 19.3 Å². The van der Waals surface area contributed by atoms with Crippen LogP contribution in [-0.4, -0.2) is 30.3 Å². The van der Waals surface area contributed by atoms with Crippen molar-refractivity contribution in [3.8, 4) is 0 Å². The highest BCUT2D eigenvalue weighted by molar-refractivity contribution is 7.12. The smallest absolute Gasteiger partial charge is 0.261 e. The van der Waals surface area contributed by atoms with Crippen molar-refractivity contribution in [1.29, 1.82) is 0 Å². The molecule has 0 aliphatic heterocycles. The molecule has 3 amide bonds. The zero-order valence-electron chi connectivity index (χ0n) is 19.2. The molecule has 1 atom stereocenters. The number of amides is 3. The van der Waals surface area contributed by atoms with Crippen LogP contribution in [0.2, 0.25) is 0 Å². The molecular weight excluding hydrogens is 446 g/mol. The van der Waals surface area contributed by atoms with Gasteiger partial charge in [-0.15, -0.1) is 11.3 Å². The van der Waals surface area contributed by atoms with E-state index in [9.17, 15) is 14.4 Å². The predicted molar refractivity (Wildman–Crippen MR) is 135 cm³/mol. The lowest BCUT2D eigenvalue weighted by Gasteiger charge is -2.33. The van der Waals surface area contributed by atoms with E-state index in [1.807, 2.05) is 66.9 Å². The number of benzene rings is 2. The van der Waals surface area contributed by atoms with Gasteiger partial charge in [-0.25, -0.2) is 0 Å². The van der Waals surface area contributed by atoms with Crippen LogP contribution in [0.4, 0.5) is 5.69 Å². The van der Waals surface area contributed by atoms with Crippen LogP contribution in [0.15, 0.2) is 72.1 Å². The standard InChI is InChI=1S/C27H29N3O3S/c1-19-10-5-8-15-22(19)25(27(33)29-20-11-6-7-12-20)30(21-13-3-2-4-14-21)24(31)18-28-26(32)23-16-9-17-34-23/h2-5,8-10,13-17,20,25H,6-7,11-12,18H2,1H3,(H,28,32)(H,29,33)/t25-/m1/s1. The van der Waals surface area contributed by atoms with Gasteiger partial charge in [0.1, 0.15) is 6.04 Å². The summed E-state index contributed by atoms with van der Waals surface area (Å²) in [5.41, 5.74) is 2.29. The molecule has 34 heavy (non-hydrogen) atoms. The second kappa shape index (κ2) is 11.1. The molecule has 3 aromatic rings. The summed E-state index contributed by atoms with van der Waals surface area (Å²) in [5, 5.41) is 7.71. The predicted octanol–water partition coefficient (Wildman–Crippen LogP) is 4.62. The summed E-state index contributed by atoms with van der Waals surface area (Å²) in [4.78, 5) is 41.9. The third-order valence-corrected chi connectivity index (χ3v) is 7.01. The minimum atomic E-state index is -0.852. The third-order valence-electron chi connectivity index (χ3n) is 6.14. The Bertz CT molecular complexity index is 1130. The number of hydrogen-bond donors (Lipinski definition) is 2. The van der Waals surface area contributed by atoms with E-state index in [0.717, 1.165) is 36.8 Å². The molecule has 1 aliphatic carbocycles. The molecule has 0 bridgehead atoms. The summed E-state index contributed by atoms with van der Waals surface area (Å²) in [7, 11) is 0. The highest BCUT2D eigenvalue weighted by Gasteiger charge is 2.35. The van der Waals surface area contributed by atoms with E-state index < -0.39 is 6.04 Å². The van der Waals surface area contributed by atoms with Crippen molar-refractivity contribution in [2.45, 2.75) is 44.7 Å². The van der Waals surface area contributed by atoms with Crippen LogP contribution in [0.5, 0.6) is 0 Å². The Morgan fingerprint density at radius 1 is 0.971 bits per heavy atom. The number of nitrogens with one attached hydrogen (secondary N) is 2. The molecule has 1 aromatic heterocycles. The molecular formula is C27H29N3O3S. The Kier molecular flexibility index (Phi) is 7.75. The van der Waals surface area contributed by atoms with E-state index in [-0.39, 0.29) is 30.3 Å². The van der Waals surface area contributed by atoms with Gasteiger partial charge in [0, 0.05) is 11.7 Å². The number of thiophene rings is 1. The van der Waals surface area contributed by atoms with Crippen molar-refractivity contribution in [3.63, 3.8) is 0 Å². The molecule has 2 N–H and O–H groups in total. The van der Waals surface area contributed by atoms with E-state index in [4.69, 9.17) is 0 Å². The van der Waals surface area contributed by atoms with Crippen LogP contribution >= 0.6 is 11.3 Å². The van der Waals surface area contributed by atoms with Crippen molar-refractivity contribution in [2.24, 2.45) is 0 Å². The lowest BCUT2D eigenvalue weighted by atomic mass is 9.97. The third kappa shape index (κ3) is 5.54. The van der Waals surface area contributed by atoms with Gasteiger partial charge in [-0.05, 0) is 54.5 Å². The maximum absolute atomic E-state index is 13.7. The zero-order chi connectivity index (χ0) is 23.9. The van der Waals surface area contributed by atoms with Gasteiger partial charge in [0.2, 0.25) is 11.8 Å². The first kappa shape index (κ1) is 23.7. The van der Waals surface area contributed by atoms with E-state index in [0.29, 0.717) is 10.6 Å². The minimum Gasteiger partial charge on any atom is -0.351 e. The van der Waals surface area contributed by atoms with Crippen LogP contribution < -0.4 is 15.5 Å². The number of nitrogens with zero attached hydrogens (tertiary/aromatic N) is 1. The average molecular weight is 476 g/mol. The van der Waals surface area contributed by atoms with Crippen molar-refractivity contribution in [3.05, 3.63) is 88.1 Å². The van der Waals surface area contributed by atoms with Crippen LogP contribution in [0.25, 0.3) is 0 Å². The van der Waals surface area contributed by atoms with E-state index in [1.54, 1.807) is 12.1 Å². The van der Waals surface area contributed by atoms with Gasteiger partial charge in [-0.2, -0.15) is 0 Å². The second-order valence-corrected chi connectivity index (χ2v) is 9.46. The van der Waals surface area contributed by atoms with E-state index >= 15 is 0 Å². The largest absolute Gasteiger partial charge is 0.351 e. The molecule has 0 saturated heterocycles. The Labute approximate surface area is 204 Å². The van der Waals surface area contributed by atoms with E-state index in [2.05, 4.69) is 10.6 Å². The van der Waals surface area contributed by atoms with Crippen LogP contribution in [0.1, 0.15) is 52.5 Å². The molecule has 7 heteroatoms. The fourth-order valence-corrected chi connectivity index (χ4v) is 5.04. The minimum absolute atomic E-state index is 0.116. The molecule has 6 nitrogen and oxygen atoms in total. The average Bonchev–Trinajstić information content (AvgIpc) is 3.56. The molecule has 2 aromatic carbocycles. The number of anilines is 1. The molecule has 0 radical (unpaired) electrons. The molecule has 1 heterocycles. The molecule has 1 aliphatic rings. The summed E-state index contributed by atoms with van der Waals surface area (Å²) in [6.07, 6.45) is 4.08. The van der Waals surface area contributed by atoms with Crippen LogP contribution in [0, 0.1) is 6.92 Å². The quantitative estimate of drug-likeness (QED) is 0.499. The maximum atomic E-state index is 13.7. The molecule has 1 saturated carbocycles. The van der Waals surface area contributed by atoms with Crippen molar-refractivity contribution < 1.29 is 14.4 Å². The summed E-state index contributed by atoms with van der Waals surface area (Å²) < 4.78 is 0. The normalized spacial score (nSPS) is 14.4. The van der Waals surface area contributed by atoms with Crippen molar-refractivity contribution in [1.82, 2.24) is 10.6 Å². The van der Waals surface area contributed by atoms with Gasteiger partial charge < -0.3 is 10.6 Å². The fraction of sp³-hybridized carbons (Fsp3) is 0.296. The first-order valence-electron chi connectivity index (χ1n) is 11.6. The highest BCUT2D eigenvalue weighted by Crippen LogP contribution is 2.31. The van der Waals surface area contributed by atoms with Gasteiger partial charge in [0.05, 0.1) is 11.4 Å². The lowest BCUT2D eigenvalue weighted by molar-refractivity contribution is -0.126. The summed E-state index contributed by atoms with van der Waals surface area (Å²) >= 11 is 1.31. The van der Waals surface area contributed by atoms with Crippen molar-refractivity contribution in [2.75, 3.05) is 11.4 Å². The monoisotopic (exact) mass is 475 g/mol. The summed E-state index contributed by atoms with van der Waals surface area (Å²) in [6, 6.07) is 19.6. The van der Waals surface area contributed by atoms with Crippen LogP contribution in [-0.2, 0) is 9.59 Å². The highest BCUT2D eigenvalue weighted by atomic mass is 32.1. The lowest BCUT2D eigenvalue weighted by Crippen LogP contribution is -2.49. The number of carbonyl (C=O) groups excluding carboxylic acids is 3. The van der Waals surface area contributed by atoms with Crippen molar-refractivity contribution >= 4 is 34.7 Å². The number of aryl methyl sites for hydroxylation is 1. The molecule has 4 rings (SSSR count). The Morgan fingerprint density at radius 3 is 2.35 bits per heavy atom. The van der Waals surface area contributed by atoms with Gasteiger partial charge in [0.15, 0.2) is 0 Å². The molecule has 0 unspecified atom stereocenters. The maximum Gasteiger partial charge on any atom is 0.261 e. The number of rotatable bonds is 8. The van der Waals surface area contributed by atoms with E-state index in [1.165, 1.54) is 16.2 Å². The second-order valence-electron chi connectivity index (χ2n) is 8.51. The first-order chi connectivity index (χ1) is 16.5. The zero-order valence-corrected chi connectivity index (χ0v) is 20.0. The molecule has 176 valence electrons.